The molecule has 0 radical (unpaired) electrons. The second-order valence-electron chi connectivity index (χ2n) is 11.7. The van der Waals surface area contributed by atoms with Gasteiger partial charge < -0.3 is 35.1 Å². The lowest BCUT2D eigenvalue weighted by Crippen LogP contribution is -2.49. The third kappa shape index (κ3) is 8.01. The van der Waals surface area contributed by atoms with Crippen molar-refractivity contribution in [3.05, 3.63) is 41.6 Å². The Morgan fingerprint density at radius 3 is 2.56 bits per heavy atom. The maximum absolute atomic E-state index is 12.4. The zero-order valence-electron chi connectivity index (χ0n) is 25.0. The van der Waals surface area contributed by atoms with Crippen LogP contribution >= 0.6 is 0 Å². The number of unbranched alkanes of at least 4 members (excludes halogenated alkanes) is 1. The first-order valence-corrected chi connectivity index (χ1v) is 14.5. The van der Waals surface area contributed by atoms with Gasteiger partial charge in [0.2, 0.25) is 5.95 Å². The SMILES string of the molecule is CCCC[C@@H](CO)Nc1nc(N)nc2ccn(Cc3cc(CN4CCN(C(=O)OC(C)(C)C)CC4)ccc3OC)c12. The third-order valence-corrected chi connectivity index (χ3v) is 7.21. The zero-order chi connectivity index (χ0) is 29.6. The van der Waals surface area contributed by atoms with Gasteiger partial charge in [0, 0.05) is 44.5 Å². The summed E-state index contributed by atoms with van der Waals surface area (Å²) in [5, 5.41) is 13.3. The van der Waals surface area contributed by atoms with Crippen molar-refractivity contribution in [2.45, 2.75) is 71.7 Å². The van der Waals surface area contributed by atoms with Crippen LogP contribution in [0.15, 0.2) is 30.5 Å². The van der Waals surface area contributed by atoms with E-state index in [2.05, 4.69) is 43.8 Å². The van der Waals surface area contributed by atoms with Crippen molar-refractivity contribution < 1.29 is 19.4 Å². The first-order chi connectivity index (χ1) is 19.6. The van der Waals surface area contributed by atoms with Crippen LogP contribution in [0.25, 0.3) is 11.0 Å². The van der Waals surface area contributed by atoms with Gasteiger partial charge in [-0.3, -0.25) is 4.90 Å². The Morgan fingerprint density at radius 1 is 1.15 bits per heavy atom. The molecule has 1 amide bonds. The van der Waals surface area contributed by atoms with Crippen molar-refractivity contribution >= 4 is 28.9 Å². The molecule has 1 aliphatic rings. The van der Waals surface area contributed by atoms with Crippen LogP contribution in [0, 0.1) is 0 Å². The molecule has 0 spiro atoms. The number of hydrogen-bond donors (Lipinski definition) is 3. The number of ether oxygens (including phenoxy) is 2. The van der Waals surface area contributed by atoms with E-state index in [-0.39, 0.29) is 24.7 Å². The summed E-state index contributed by atoms with van der Waals surface area (Å²) in [4.78, 5) is 25.5. The largest absolute Gasteiger partial charge is 0.496 e. The molecule has 1 aliphatic heterocycles. The highest BCUT2D eigenvalue weighted by Crippen LogP contribution is 2.28. The van der Waals surface area contributed by atoms with E-state index in [1.807, 2.05) is 39.1 Å². The fourth-order valence-electron chi connectivity index (χ4n) is 5.12. The third-order valence-electron chi connectivity index (χ3n) is 7.21. The van der Waals surface area contributed by atoms with Crippen molar-refractivity contribution in [2.24, 2.45) is 0 Å². The molecular formula is C30H45N7O4. The highest BCUT2D eigenvalue weighted by molar-refractivity contribution is 5.87. The number of carbonyl (C=O) groups is 1. The van der Waals surface area contributed by atoms with Crippen LogP contribution < -0.4 is 15.8 Å². The summed E-state index contributed by atoms with van der Waals surface area (Å²) in [6, 6.07) is 8.08. The lowest BCUT2D eigenvalue weighted by atomic mass is 10.1. The van der Waals surface area contributed by atoms with Crippen LogP contribution in [0.3, 0.4) is 0 Å². The number of aliphatic hydroxyl groups excluding tert-OH is 1. The molecular weight excluding hydrogens is 522 g/mol. The fourth-order valence-corrected chi connectivity index (χ4v) is 5.12. The highest BCUT2D eigenvalue weighted by atomic mass is 16.6. The lowest BCUT2D eigenvalue weighted by Gasteiger charge is -2.35. The van der Waals surface area contributed by atoms with Gasteiger partial charge in [0.25, 0.3) is 0 Å². The number of amides is 1. The molecule has 3 aromatic rings. The summed E-state index contributed by atoms with van der Waals surface area (Å²) in [5.74, 6) is 1.61. The number of aromatic nitrogens is 3. The van der Waals surface area contributed by atoms with E-state index in [1.165, 1.54) is 5.56 Å². The minimum absolute atomic E-state index is 0.00795. The van der Waals surface area contributed by atoms with Crippen molar-refractivity contribution in [3.63, 3.8) is 0 Å². The number of anilines is 2. The van der Waals surface area contributed by atoms with E-state index >= 15 is 0 Å². The first kappa shape index (κ1) is 30.4. The summed E-state index contributed by atoms with van der Waals surface area (Å²) in [5.41, 5.74) is 9.30. The number of nitrogens with one attached hydrogen (secondary N) is 1. The quantitative estimate of drug-likeness (QED) is 0.314. The summed E-state index contributed by atoms with van der Waals surface area (Å²) < 4.78 is 13.3. The number of piperazine rings is 1. The predicted octanol–water partition coefficient (Wildman–Crippen LogP) is 4.09. The Hall–Kier alpha value is -3.57. The second-order valence-corrected chi connectivity index (χ2v) is 11.7. The number of nitrogens with zero attached hydrogens (tertiary/aromatic N) is 5. The normalized spacial score (nSPS) is 15.2. The van der Waals surface area contributed by atoms with E-state index in [1.54, 1.807) is 12.0 Å². The number of fused-ring (bicyclic) bond motifs is 1. The molecule has 11 heteroatoms. The molecule has 1 atom stereocenters. The predicted molar refractivity (Wildman–Crippen MR) is 161 cm³/mol. The van der Waals surface area contributed by atoms with Crippen LogP contribution in [-0.2, 0) is 17.8 Å². The number of hydrogen-bond acceptors (Lipinski definition) is 9. The summed E-state index contributed by atoms with van der Waals surface area (Å²) in [6.45, 7) is 12.0. The monoisotopic (exact) mass is 567 g/mol. The van der Waals surface area contributed by atoms with E-state index in [9.17, 15) is 9.90 Å². The number of benzene rings is 1. The van der Waals surface area contributed by atoms with Gasteiger partial charge in [-0.15, -0.1) is 0 Å². The van der Waals surface area contributed by atoms with Crippen LogP contribution in [0.2, 0.25) is 0 Å². The maximum Gasteiger partial charge on any atom is 0.410 e. The number of nitrogens with two attached hydrogens (primary N) is 1. The molecule has 1 fully saturated rings. The molecule has 0 unspecified atom stereocenters. The average Bonchev–Trinajstić information content (AvgIpc) is 3.32. The van der Waals surface area contributed by atoms with Gasteiger partial charge in [0.05, 0.1) is 31.8 Å². The molecule has 1 aromatic carbocycles. The Kier molecular flexibility index (Phi) is 9.93. The molecule has 0 aliphatic carbocycles. The number of methoxy groups -OCH3 is 1. The van der Waals surface area contributed by atoms with Gasteiger partial charge in [-0.2, -0.15) is 4.98 Å². The number of aliphatic hydroxyl groups is 1. The molecule has 0 bridgehead atoms. The van der Waals surface area contributed by atoms with Crippen LogP contribution in [0.1, 0.15) is 58.1 Å². The number of carbonyl (C=O) groups excluding carboxylic acids is 1. The van der Waals surface area contributed by atoms with Crippen LogP contribution in [0.5, 0.6) is 5.75 Å². The van der Waals surface area contributed by atoms with Crippen molar-refractivity contribution in [1.29, 1.82) is 0 Å². The van der Waals surface area contributed by atoms with E-state index in [0.717, 1.165) is 61.2 Å². The highest BCUT2D eigenvalue weighted by Gasteiger charge is 2.26. The molecule has 224 valence electrons. The Morgan fingerprint density at radius 2 is 1.90 bits per heavy atom. The smallest absolute Gasteiger partial charge is 0.410 e. The van der Waals surface area contributed by atoms with Gasteiger partial charge in [-0.05, 0) is 51.0 Å². The molecule has 2 aromatic heterocycles. The molecule has 1 saturated heterocycles. The van der Waals surface area contributed by atoms with Gasteiger partial charge in [-0.1, -0.05) is 25.8 Å². The van der Waals surface area contributed by atoms with Crippen molar-refractivity contribution in [3.8, 4) is 5.75 Å². The van der Waals surface area contributed by atoms with Gasteiger partial charge in [0.15, 0.2) is 5.82 Å². The second kappa shape index (κ2) is 13.4. The minimum atomic E-state index is -0.496. The molecule has 3 heterocycles. The van der Waals surface area contributed by atoms with Gasteiger partial charge in [-0.25, -0.2) is 9.78 Å². The topological polar surface area (TPSA) is 131 Å². The van der Waals surface area contributed by atoms with Gasteiger partial charge in [0.1, 0.15) is 16.9 Å². The summed E-state index contributed by atoms with van der Waals surface area (Å²) >= 11 is 0. The number of rotatable bonds is 11. The molecule has 4 rings (SSSR count). The standard InChI is InChI=1S/C30H45N7O4/c1-6-7-8-23(20-38)32-27-26-24(33-28(31)34-27)11-12-37(26)19-22-17-21(9-10-25(22)40-5)18-35-13-15-36(16-14-35)29(39)41-30(2,3)4/h9-12,17,23,38H,6-8,13-16,18-20H2,1-5H3,(H3,31,32,33,34)/t23-/m0/s1. The van der Waals surface area contributed by atoms with E-state index in [0.29, 0.717) is 25.5 Å². The minimum Gasteiger partial charge on any atom is -0.496 e. The van der Waals surface area contributed by atoms with Crippen LogP contribution in [0.4, 0.5) is 16.6 Å². The van der Waals surface area contributed by atoms with E-state index < -0.39 is 5.60 Å². The Bertz CT molecular complexity index is 1310. The lowest BCUT2D eigenvalue weighted by molar-refractivity contribution is 0.0139. The summed E-state index contributed by atoms with van der Waals surface area (Å²) in [7, 11) is 1.68. The van der Waals surface area contributed by atoms with Crippen LogP contribution in [-0.4, -0.2) is 87.1 Å². The number of nitrogen functional groups attached to an aromatic ring is 1. The molecule has 4 N–H and O–H groups in total. The zero-order valence-corrected chi connectivity index (χ0v) is 25.0. The maximum atomic E-state index is 12.4. The van der Waals surface area contributed by atoms with E-state index in [4.69, 9.17) is 15.2 Å². The van der Waals surface area contributed by atoms with Gasteiger partial charge >= 0.3 is 6.09 Å². The molecule has 11 nitrogen and oxygen atoms in total. The van der Waals surface area contributed by atoms with Crippen molar-refractivity contribution in [1.82, 2.24) is 24.3 Å². The fraction of sp³-hybridized carbons (Fsp3) is 0.567. The Labute approximate surface area is 242 Å². The average molecular weight is 568 g/mol. The molecule has 41 heavy (non-hydrogen) atoms. The first-order valence-electron chi connectivity index (χ1n) is 14.5. The Balaban J connectivity index is 1.50. The summed E-state index contributed by atoms with van der Waals surface area (Å²) in [6.07, 6.45) is 4.61. The molecule has 0 saturated carbocycles. The van der Waals surface area contributed by atoms with Crippen molar-refractivity contribution in [2.75, 3.05) is 50.9 Å².